The summed E-state index contributed by atoms with van der Waals surface area (Å²) in [5.41, 5.74) is 1.03. The molecular formula is C15H18N2O. The van der Waals surface area contributed by atoms with Crippen molar-refractivity contribution < 1.29 is 4.79 Å². The summed E-state index contributed by atoms with van der Waals surface area (Å²) < 4.78 is 0. The zero-order valence-electron chi connectivity index (χ0n) is 10.4. The number of nitrogens with one attached hydrogen (secondary N) is 2. The SMILES string of the molecule is O=C(NCCNCC#Cc1ccccc1)C1CC1. The summed E-state index contributed by atoms with van der Waals surface area (Å²) in [6.45, 7) is 2.10. The molecule has 1 saturated carbocycles. The van der Waals surface area contributed by atoms with Crippen LogP contribution in [0, 0.1) is 17.8 Å². The largest absolute Gasteiger partial charge is 0.355 e. The maximum Gasteiger partial charge on any atom is 0.223 e. The first-order valence-electron chi connectivity index (χ1n) is 6.38. The van der Waals surface area contributed by atoms with Gasteiger partial charge in [0.1, 0.15) is 0 Å². The van der Waals surface area contributed by atoms with Gasteiger partial charge in [-0.1, -0.05) is 30.0 Å². The molecule has 0 saturated heterocycles. The third kappa shape index (κ3) is 4.60. The van der Waals surface area contributed by atoms with Crippen molar-refractivity contribution in [2.24, 2.45) is 5.92 Å². The van der Waals surface area contributed by atoms with Crippen LogP contribution in [0.25, 0.3) is 0 Å². The highest BCUT2D eigenvalue weighted by atomic mass is 16.2. The van der Waals surface area contributed by atoms with Crippen LogP contribution in [0.15, 0.2) is 30.3 Å². The lowest BCUT2D eigenvalue weighted by atomic mass is 10.2. The number of carbonyl (C=O) groups excluding carboxylic acids is 1. The van der Waals surface area contributed by atoms with Gasteiger partial charge in [0.15, 0.2) is 0 Å². The first-order valence-corrected chi connectivity index (χ1v) is 6.38. The van der Waals surface area contributed by atoms with Gasteiger partial charge in [0.25, 0.3) is 0 Å². The van der Waals surface area contributed by atoms with Crippen LogP contribution in [0.1, 0.15) is 18.4 Å². The van der Waals surface area contributed by atoms with Crippen LogP contribution < -0.4 is 10.6 Å². The molecule has 0 radical (unpaired) electrons. The van der Waals surface area contributed by atoms with E-state index in [9.17, 15) is 4.79 Å². The molecule has 0 aromatic heterocycles. The molecule has 1 fully saturated rings. The van der Waals surface area contributed by atoms with Crippen molar-refractivity contribution in [2.75, 3.05) is 19.6 Å². The fraction of sp³-hybridized carbons (Fsp3) is 0.400. The lowest BCUT2D eigenvalue weighted by molar-refractivity contribution is -0.122. The Labute approximate surface area is 108 Å². The summed E-state index contributed by atoms with van der Waals surface area (Å²) in [7, 11) is 0. The van der Waals surface area contributed by atoms with E-state index in [1.54, 1.807) is 0 Å². The van der Waals surface area contributed by atoms with Gasteiger partial charge in [0, 0.05) is 24.6 Å². The molecule has 0 heterocycles. The van der Waals surface area contributed by atoms with Gasteiger partial charge >= 0.3 is 0 Å². The van der Waals surface area contributed by atoms with E-state index >= 15 is 0 Å². The van der Waals surface area contributed by atoms with E-state index in [1.807, 2.05) is 30.3 Å². The van der Waals surface area contributed by atoms with Crippen LogP contribution >= 0.6 is 0 Å². The molecule has 1 aliphatic rings. The van der Waals surface area contributed by atoms with E-state index in [0.29, 0.717) is 19.0 Å². The number of hydrogen-bond donors (Lipinski definition) is 2. The monoisotopic (exact) mass is 242 g/mol. The fourth-order valence-electron chi connectivity index (χ4n) is 1.58. The number of rotatable bonds is 5. The second-order valence-electron chi connectivity index (χ2n) is 4.41. The van der Waals surface area contributed by atoms with E-state index < -0.39 is 0 Å². The van der Waals surface area contributed by atoms with Gasteiger partial charge in [-0.2, -0.15) is 0 Å². The predicted octanol–water partition coefficient (Wildman–Crippen LogP) is 1.15. The molecule has 1 amide bonds. The number of hydrogen-bond acceptors (Lipinski definition) is 2. The van der Waals surface area contributed by atoms with E-state index in [-0.39, 0.29) is 5.91 Å². The summed E-state index contributed by atoms with van der Waals surface area (Å²) in [6.07, 6.45) is 2.11. The van der Waals surface area contributed by atoms with Gasteiger partial charge < -0.3 is 10.6 Å². The molecule has 3 heteroatoms. The van der Waals surface area contributed by atoms with Crippen molar-refractivity contribution >= 4 is 5.91 Å². The molecule has 1 aromatic carbocycles. The minimum Gasteiger partial charge on any atom is -0.355 e. The number of benzene rings is 1. The zero-order valence-corrected chi connectivity index (χ0v) is 10.4. The Hall–Kier alpha value is -1.79. The van der Waals surface area contributed by atoms with E-state index in [0.717, 1.165) is 24.9 Å². The third-order valence-electron chi connectivity index (χ3n) is 2.77. The topological polar surface area (TPSA) is 41.1 Å². The van der Waals surface area contributed by atoms with Gasteiger partial charge in [-0.25, -0.2) is 0 Å². The summed E-state index contributed by atoms with van der Waals surface area (Å²) >= 11 is 0. The molecule has 1 aromatic rings. The van der Waals surface area contributed by atoms with Crippen molar-refractivity contribution in [3.8, 4) is 11.8 Å². The van der Waals surface area contributed by atoms with E-state index in [1.165, 1.54) is 0 Å². The van der Waals surface area contributed by atoms with Crippen LogP contribution in [0.3, 0.4) is 0 Å². The van der Waals surface area contributed by atoms with Crippen molar-refractivity contribution in [3.63, 3.8) is 0 Å². The molecule has 2 N–H and O–H groups in total. The average Bonchev–Trinajstić information content (AvgIpc) is 3.23. The Morgan fingerprint density at radius 1 is 1.22 bits per heavy atom. The Bertz CT molecular complexity index is 441. The molecule has 3 nitrogen and oxygen atoms in total. The van der Waals surface area contributed by atoms with Crippen LogP contribution in [0.5, 0.6) is 0 Å². The fourth-order valence-corrected chi connectivity index (χ4v) is 1.58. The van der Waals surface area contributed by atoms with Crippen LogP contribution in [-0.4, -0.2) is 25.5 Å². The van der Waals surface area contributed by atoms with Gasteiger partial charge in [0.2, 0.25) is 5.91 Å². The molecular weight excluding hydrogens is 224 g/mol. The maximum absolute atomic E-state index is 11.3. The second kappa shape index (κ2) is 6.83. The zero-order chi connectivity index (χ0) is 12.6. The minimum atomic E-state index is 0.201. The Balaban J connectivity index is 1.53. The Kier molecular flexibility index (Phi) is 4.80. The molecule has 2 rings (SSSR count). The highest BCUT2D eigenvalue weighted by Crippen LogP contribution is 2.28. The lowest BCUT2D eigenvalue weighted by Gasteiger charge is -2.03. The third-order valence-corrected chi connectivity index (χ3v) is 2.77. The second-order valence-corrected chi connectivity index (χ2v) is 4.41. The Morgan fingerprint density at radius 3 is 2.72 bits per heavy atom. The van der Waals surface area contributed by atoms with Crippen molar-refractivity contribution in [1.82, 2.24) is 10.6 Å². The molecule has 0 bridgehead atoms. The minimum absolute atomic E-state index is 0.201. The van der Waals surface area contributed by atoms with Gasteiger partial charge in [-0.05, 0) is 25.0 Å². The van der Waals surface area contributed by atoms with Crippen molar-refractivity contribution in [3.05, 3.63) is 35.9 Å². The van der Waals surface area contributed by atoms with E-state index in [2.05, 4.69) is 22.5 Å². The molecule has 0 aliphatic heterocycles. The predicted molar refractivity (Wildman–Crippen MR) is 71.9 cm³/mol. The van der Waals surface area contributed by atoms with Gasteiger partial charge in [-0.15, -0.1) is 0 Å². The number of amides is 1. The van der Waals surface area contributed by atoms with Gasteiger partial charge in [-0.3, -0.25) is 4.79 Å². The molecule has 94 valence electrons. The highest BCUT2D eigenvalue weighted by molar-refractivity contribution is 5.80. The number of carbonyl (C=O) groups is 1. The summed E-state index contributed by atoms with van der Waals surface area (Å²) in [5.74, 6) is 6.62. The van der Waals surface area contributed by atoms with Crippen LogP contribution in [0.2, 0.25) is 0 Å². The molecule has 0 spiro atoms. The standard InChI is InChI=1S/C15H18N2O/c18-15(14-8-9-14)17-12-11-16-10-4-7-13-5-2-1-3-6-13/h1-3,5-6,14,16H,8-12H2,(H,17,18). The highest BCUT2D eigenvalue weighted by Gasteiger charge is 2.28. The summed E-state index contributed by atoms with van der Waals surface area (Å²) in [5, 5.41) is 6.09. The molecule has 0 unspecified atom stereocenters. The molecule has 0 atom stereocenters. The van der Waals surface area contributed by atoms with E-state index in [4.69, 9.17) is 0 Å². The summed E-state index contributed by atoms with van der Waals surface area (Å²) in [6, 6.07) is 9.91. The molecule has 18 heavy (non-hydrogen) atoms. The van der Waals surface area contributed by atoms with Crippen molar-refractivity contribution in [2.45, 2.75) is 12.8 Å². The molecule has 1 aliphatic carbocycles. The Morgan fingerprint density at radius 2 is 2.00 bits per heavy atom. The lowest BCUT2D eigenvalue weighted by Crippen LogP contribution is -2.32. The summed E-state index contributed by atoms with van der Waals surface area (Å²) in [4.78, 5) is 11.3. The maximum atomic E-state index is 11.3. The van der Waals surface area contributed by atoms with Crippen LogP contribution in [-0.2, 0) is 4.79 Å². The normalized spacial score (nSPS) is 13.6. The first-order chi connectivity index (χ1) is 8.86. The first kappa shape index (κ1) is 12.7. The van der Waals surface area contributed by atoms with Crippen LogP contribution in [0.4, 0.5) is 0 Å². The average molecular weight is 242 g/mol. The smallest absolute Gasteiger partial charge is 0.223 e. The van der Waals surface area contributed by atoms with Gasteiger partial charge in [0.05, 0.1) is 6.54 Å². The van der Waals surface area contributed by atoms with Crippen molar-refractivity contribution in [1.29, 1.82) is 0 Å². The quantitative estimate of drug-likeness (QED) is 0.601.